The van der Waals surface area contributed by atoms with E-state index in [9.17, 15) is 0 Å². The molecule has 3 N–H and O–H groups in total. The van der Waals surface area contributed by atoms with Gasteiger partial charge in [-0.3, -0.25) is 4.79 Å². The van der Waals surface area contributed by atoms with Crippen molar-refractivity contribution in [2.45, 2.75) is 32.1 Å². The van der Waals surface area contributed by atoms with Gasteiger partial charge in [-0.15, -0.1) is 0 Å². The first-order valence-electron chi connectivity index (χ1n) is 6.69. The number of hydrogen-bond acceptors (Lipinski definition) is 2. The molecule has 18 heavy (non-hydrogen) atoms. The quantitative estimate of drug-likeness (QED) is 0.749. The number of carbonyl (C=O) groups is 1. The van der Waals surface area contributed by atoms with Crippen LogP contribution >= 0.6 is 0 Å². The molecule has 0 aromatic heterocycles. The maximum atomic E-state index is 8.58. The second-order valence-corrected chi connectivity index (χ2v) is 4.92. The Kier molecular flexibility index (Phi) is 7.11. The van der Waals surface area contributed by atoms with E-state index in [2.05, 4.69) is 48.3 Å². The highest BCUT2D eigenvalue weighted by Gasteiger charge is 2.22. The molecule has 3 heteroatoms. The average molecular weight is 248 g/mol. The third-order valence-corrected chi connectivity index (χ3v) is 3.16. The summed E-state index contributed by atoms with van der Waals surface area (Å²) in [4.78, 5) is 8.58. The summed E-state index contributed by atoms with van der Waals surface area (Å²) in [7, 11) is 0. The van der Waals surface area contributed by atoms with E-state index in [0.29, 0.717) is 0 Å². The molecule has 3 nitrogen and oxygen atoms in total. The molecule has 3 rings (SSSR count). The molecule has 1 heterocycles. The monoisotopic (exact) mass is 248 g/mol. The van der Waals surface area contributed by atoms with Crippen LogP contribution in [0.1, 0.15) is 37.7 Å². The molecule has 0 radical (unpaired) electrons. The number of nitrogens with one attached hydrogen (secondary N) is 1. The lowest BCUT2D eigenvalue weighted by Crippen LogP contribution is -2.06. The third kappa shape index (κ3) is 6.40. The molecule has 1 aliphatic heterocycles. The Morgan fingerprint density at radius 2 is 1.83 bits per heavy atom. The number of primary amides is 1. The van der Waals surface area contributed by atoms with E-state index in [0.717, 1.165) is 11.8 Å². The first-order valence-corrected chi connectivity index (χ1v) is 6.69. The summed E-state index contributed by atoms with van der Waals surface area (Å²) >= 11 is 0. The van der Waals surface area contributed by atoms with Crippen LogP contribution in [0.3, 0.4) is 0 Å². The zero-order chi connectivity index (χ0) is 13.2. The van der Waals surface area contributed by atoms with Crippen molar-refractivity contribution in [3.63, 3.8) is 0 Å². The van der Waals surface area contributed by atoms with Gasteiger partial charge in [-0.2, -0.15) is 0 Å². The van der Waals surface area contributed by atoms with Gasteiger partial charge < -0.3 is 11.1 Å². The number of hydrogen-bond donors (Lipinski definition) is 2. The fourth-order valence-corrected chi connectivity index (χ4v) is 1.94. The summed E-state index contributed by atoms with van der Waals surface area (Å²) < 4.78 is 0. The summed E-state index contributed by atoms with van der Waals surface area (Å²) in [6.45, 7) is 4.75. The minimum absolute atomic E-state index is 0.250. The van der Waals surface area contributed by atoms with Gasteiger partial charge in [-0.25, -0.2) is 0 Å². The van der Waals surface area contributed by atoms with Crippen LogP contribution in [0, 0.1) is 5.92 Å². The van der Waals surface area contributed by atoms with E-state index in [-0.39, 0.29) is 6.41 Å². The SMILES string of the molecule is CC1CCNC1.NC=O.c1ccc(C2CC2)cc1. The molecule has 0 bridgehead atoms. The number of rotatable bonds is 1. The zero-order valence-corrected chi connectivity index (χ0v) is 11.1. The predicted octanol–water partition coefficient (Wildman–Crippen LogP) is 2.28. The molecule has 1 aliphatic carbocycles. The van der Waals surface area contributed by atoms with Gasteiger partial charge in [-0.1, -0.05) is 37.3 Å². The molecule has 1 unspecified atom stereocenters. The second kappa shape index (κ2) is 8.70. The highest BCUT2D eigenvalue weighted by Crippen LogP contribution is 2.39. The van der Waals surface area contributed by atoms with Crippen molar-refractivity contribution in [3.8, 4) is 0 Å². The van der Waals surface area contributed by atoms with E-state index >= 15 is 0 Å². The fourth-order valence-electron chi connectivity index (χ4n) is 1.94. The number of carbonyl (C=O) groups excluding carboxylic acids is 1. The lowest BCUT2D eigenvalue weighted by Gasteiger charge is -1.92. The van der Waals surface area contributed by atoms with Gasteiger partial charge >= 0.3 is 0 Å². The summed E-state index contributed by atoms with van der Waals surface area (Å²) in [5, 5.41) is 3.27. The Hall–Kier alpha value is -1.35. The van der Waals surface area contributed by atoms with Gasteiger partial charge in [-0.05, 0) is 49.8 Å². The lowest BCUT2D eigenvalue weighted by molar-refractivity contribution is -0.106. The van der Waals surface area contributed by atoms with Crippen LogP contribution in [0.15, 0.2) is 30.3 Å². The molecule has 1 aromatic carbocycles. The minimum Gasteiger partial charge on any atom is -0.372 e. The fraction of sp³-hybridized carbons (Fsp3) is 0.533. The molecule has 1 atom stereocenters. The maximum absolute atomic E-state index is 8.58. The molecule has 100 valence electrons. The Bertz CT molecular complexity index is 317. The van der Waals surface area contributed by atoms with Crippen LogP contribution in [0.4, 0.5) is 0 Å². The Labute approximate surface area is 110 Å². The van der Waals surface area contributed by atoms with Crippen LogP contribution in [0.2, 0.25) is 0 Å². The van der Waals surface area contributed by atoms with Gasteiger partial charge in [0, 0.05) is 0 Å². The summed E-state index contributed by atoms with van der Waals surface area (Å²) in [5.41, 5.74) is 5.69. The summed E-state index contributed by atoms with van der Waals surface area (Å²) in [6, 6.07) is 10.8. The zero-order valence-electron chi connectivity index (χ0n) is 11.1. The average Bonchev–Trinajstić information content (AvgIpc) is 3.14. The number of benzene rings is 1. The predicted molar refractivity (Wildman–Crippen MR) is 75.3 cm³/mol. The van der Waals surface area contributed by atoms with Crippen molar-refractivity contribution in [1.82, 2.24) is 5.32 Å². The van der Waals surface area contributed by atoms with Gasteiger partial charge in [0.1, 0.15) is 0 Å². The third-order valence-electron chi connectivity index (χ3n) is 3.16. The van der Waals surface area contributed by atoms with E-state index in [4.69, 9.17) is 4.79 Å². The standard InChI is InChI=1S/C9H10.C5H11N.CH3NO/c1-2-4-8(5-3-1)9-6-7-9;1-5-2-3-6-4-5;2-1-3/h1-5,9H,6-7H2;5-6H,2-4H2,1H3;1H,(H2,2,3). The molecule has 2 aliphatic rings. The summed E-state index contributed by atoms with van der Waals surface area (Å²) in [5.74, 6) is 1.84. The Morgan fingerprint density at radius 1 is 1.22 bits per heavy atom. The van der Waals surface area contributed by atoms with Crippen molar-refractivity contribution in [2.24, 2.45) is 11.7 Å². The van der Waals surface area contributed by atoms with Gasteiger partial charge in [0.25, 0.3) is 0 Å². The first-order chi connectivity index (χ1) is 8.77. The van der Waals surface area contributed by atoms with Crippen LogP contribution in [0.25, 0.3) is 0 Å². The normalized spacial score (nSPS) is 21.1. The lowest BCUT2D eigenvalue weighted by atomic mass is 10.1. The molecule has 1 amide bonds. The molecule has 2 fully saturated rings. The van der Waals surface area contributed by atoms with Crippen LogP contribution in [0.5, 0.6) is 0 Å². The Morgan fingerprint density at radius 3 is 2.17 bits per heavy atom. The van der Waals surface area contributed by atoms with Crippen molar-refractivity contribution in [1.29, 1.82) is 0 Å². The smallest absolute Gasteiger partial charge is 0.204 e. The molecule has 1 saturated heterocycles. The highest BCUT2D eigenvalue weighted by molar-refractivity contribution is 5.42. The van der Waals surface area contributed by atoms with Crippen LogP contribution < -0.4 is 11.1 Å². The van der Waals surface area contributed by atoms with E-state index in [1.54, 1.807) is 0 Å². The molecular formula is C15H24N2O. The van der Waals surface area contributed by atoms with Gasteiger partial charge in [0.05, 0.1) is 0 Å². The van der Waals surface area contributed by atoms with E-state index in [1.165, 1.54) is 37.9 Å². The molecule has 1 saturated carbocycles. The summed E-state index contributed by atoms with van der Waals surface area (Å²) in [6.07, 6.45) is 4.44. The minimum atomic E-state index is 0.250. The van der Waals surface area contributed by atoms with Crippen molar-refractivity contribution >= 4 is 6.41 Å². The van der Waals surface area contributed by atoms with Gasteiger partial charge in [0.2, 0.25) is 6.41 Å². The highest BCUT2D eigenvalue weighted by atomic mass is 16.1. The maximum Gasteiger partial charge on any atom is 0.204 e. The number of nitrogens with two attached hydrogens (primary N) is 1. The van der Waals surface area contributed by atoms with E-state index < -0.39 is 0 Å². The molecular weight excluding hydrogens is 224 g/mol. The topological polar surface area (TPSA) is 55.1 Å². The Balaban J connectivity index is 0.000000157. The second-order valence-electron chi connectivity index (χ2n) is 4.92. The van der Waals surface area contributed by atoms with Crippen LogP contribution in [-0.2, 0) is 4.79 Å². The first kappa shape index (κ1) is 14.7. The van der Waals surface area contributed by atoms with Crippen molar-refractivity contribution in [3.05, 3.63) is 35.9 Å². The van der Waals surface area contributed by atoms with Crippen LogP contribution in [-0.4, -0.2) is 19.5 Å². The van der Waals surface area contributed by atoms with Crippen molar-refractivity contribution in [2.75, 3.05) is 13.1 Å². The van der Waals surface area contributed by atoms with E-state index in [1.807, 2.05) is 0 Å². The largest absolute Gasteiger partial charge is 0.372 e. The molecule has 0 spiro atoms. The van der Waals surface area contributed by atoms with Gasteiger partial charge in [0.15, 0.2) is 0 Å². The number of amides is 1. The molecule has 1 aromatic rings. The van der Waals surface area contributed by atoms with Crippen molar-refractivity contribution < 1.29 is 4.79 Å².